The highest BCUT2D eigenvalue weighted by molar-refractivity contribution is 7.21. The number of aryl methyl sites for hydroxylation is 1. The molecule has 132 valence electrons. The van der Waals surface area contributed by atoms with Gasteiger partial charge in [-0.05, 0) is 36.7 Å². The van der Waals surface area contributed by atoms with E-state index in [-0.39, 0.29) is 10.9 Å². The highest BCUT2D eigenvalue weighted by atomic mass is 35.5. The molecule has 1 amide bonds. The summed E-state index contributed by atoms with van der Waals surface area (Å²) in [7, 11) is -1.78. The first kappa shape index (κ1) is 19.4. The third-order valence-corrected chi connectivity index (χ3v) is 10.9. The molecule has 1 N–H and O–H groups in total. The van der Waals surface area contributed by atoms with Gasteiger partial charge in [0, 0.05) is 12.7 Å². The minimum atomic E-state index is -1.78. The summed E-state index contributed by atoms with van der Waals surface area (Å²) in [5, 5.41) is 3.74. The van der Waals surface area contributed by atoms with Crippen molar-refractivity contribution in [2.75, 3.05) is 13.2 Å². The Morgan fingerprint density at radius 3 is 2.67 bits per heavy atom. The Balaban J connectivity index is 1.99. The average Bonchev–Trinajstić information content (AvgIpc) is 2.81. The lowest BCUT2D eigenvalue weighted by atomic mass is 10.2. The van der Waals surface area contributed by atoms with Gasteiger partial charge in [0.1, 0.15) is 0 Å². The molecule has 0 aliphatic rings. The second kappa shape index (κ2) is 7.12. The van der Waals surface area contributed by atoms with Crippen LogP contribution in [0.1, 0.15) is 36.0 Å². The number of aromatic nitrogens is 1. The zero-order chi connectivity index (χ0) is 18.1. The van der Waals surface area contributed by atoms with E-state index in [1.807, 2.05) is 6.92 Å². The lowest BCUT2D eigenvalue weighted by molar-refractivity contribution is 0.0949. The van der Waals surface area contributed by atoms with Gasteiger partial charge in [0.05, 0.1) is 26.7 Å². The molecule has 7 heteroatoms. The van der Waals surface area contributed by atoms with E-state index in [0.717, 1.165) is 15.8 Å². The Hall–Kier alpha value is -0.953. The van der Waals surface area contributed by atoms with E-state index in [9.17, 15) is 4.79 Å². The molecule has 0 radical (unpaired) electrons. The molecule has 24 heavy (non-hydrogen) atoms. The van der Waals surface area contributed by atoms with Gasteiger partial charge in [-0.3, -0.25) is 9.78 Å². The van der Waals surface area contributed by atoms with Crippen molar-refractivity contribution < 1.29 is 9.22 Å². The first-order chi connectivity index (χ1) is 11.0. The number of pyridine rings is 1. The van der Waals surface area contributed by atoms with E-state index < -0.39 is 8.32 Å². The van der Waals surface area contributed by atoms with Crippen LogP contribution in [0.5, 0.6) is 0 Å². The monoisotopic (exact) mass is 384 g/mol. The number of thiophene rings is 1. The minimum absolute atomic E-state index is 0.0922. The topological polar surface area (TPSA) is 51.2 Å². The zero-order valence-electron chi connectivity index (χ0n) is 15.1. The normalized spacial score (nSPS) is 12.6. The molecule has 0 bridgehead atoms. The lowest BCUT2D eigenvalue weighted by Crippen LogP contribution is -2.42. The van der Waals surface area contributed by atoms with Crippen LogP contribution in [-0.4, -0.2) is 32.4 Å². The molecule has 4 nitrogen and oxygen atoms in total. The van der Waals surface area contributed by atoms with E-state index >= 15 is 0 Å². The smallest absolute Gasteiger partial charge is 0.261 e. The Morgan fingerprint density at radius 2 is 2.08 bits per heavy atom. The van der Waals surface area contributed by atoms with Crippen LogP contribution in [-0.2, 0) is 4.43 Å². The van der Waals surface area contributed by atoms with E-state index in [1.165, 1.54) is 11.3 Å². The van der Waals surface area contributed by atoms with Crippen molar-refractivity contribution in [1.29, 1.82) is 0 Å². The SMILES string of the molecule is Cc1c(C(=O)NCCO[Si](C)(C)C(C)(C)C)sc2c(Cl)ccnc12. The summed E-state index contributed by atoms with van der Waals surface area (Å²) in [5.74, 6) is -0.0922. The van der Waals surface area contributed by atoms with Crippen LogP contribution in [0.2, 0.25) is 23.2 Å². The molecule has 0 saturated carbocycles. The molecule has 0 aliphatic carbocycles. The van der Waals surface area contributed by atoms with Crippen LogP contribution >= 0.6 is 22.9 Å². The summed E-state index contributed by atoms with van der Waals surface area (Å²) in [6, 6.07) is 1.74. The first-order valence-corrected chi connectivity index (χ1v) is 12.1. The quantitative estimate of drug-likeness (QED) is 0.582. The standard InChI is InChI=1S/C17H25ClN2O2SSi/c1-11-13-15(12(18)7-8-19-13)23-14(11)16(21)20-9-10-22-24(5,6)17(2,3)4/h7-8H,9-10H2,1-6H3,(H,20,21). The van der Waals surface area contributed by atoms with Gasteiger partial charge in [-0.15, -0.1) is 11.3 Å². The van der Waals surface area contributed by atoms with Crippen LogP contribution in [0.4, 0.5) is 0 Å². The van der Waals surface area contributed by atoms with Crippen LogP contribution in [0.3, 0.4) is 0 Å². The van der Waals surface area contributed by atoms with Crippen LogP contribution in [0, 0.1) is 6.92 Å². The number of carbonyl (C=O) groups excluding carboxylic acids is 1. The maximum Gasteiger partial charge on any atom is 0.261 e. The summed E-state index contributed by atoms with van der Waals surface area (Å²) >= 11 is 7.58. The van der Waals surface area contributed by atoms with Crippen molar-refractivity contribution in [3.05, 3.63) is 27.7 Å². The number of fused-ring (bicyclic) bond motifs is 1. The van der Waals surface area contributed by atoms with Crippen LogP contribution < -0.4 is 5.32 Å². The Kier molecular flexibility index (Phi) is 5.74. The first-order valence-electron chi connectivity index (χ1n) is 8.00. The second-order valence-electron chi connectivity index (χ2n) is 7.39. The van der Waals surface area contributed by atoms with E-state index in [0.29, 0.717) is 23.1 Å². The zero-order valence-corrected chi connectivity index (χ0v) is 17.7. The third-order valence-electron chi connectivity index (χ3n) is 4.62. The maximum atomic E-state index is 12.5. The molecule has 2 aromatic heterocycles. The molecule has 0 unspecified atom stereocenters. The highest BCUT2D eigenvalue weighted by Gasteiger charge is 2.36. The molecule has 0 atom stereocenters. The number of hydrogen-bond donors (Lipinski definition) is 1. The Morgan fingerprint density at radius 1 is 1.42 bits per heavy atom. The number of amides is 1. The van der Waals surface area contributed by atoms with Gasteiger partial charge in [0.2, 0.25) is 0 Å². The van der Waals surface area contributed by atoms with Crippen molar-refractivity contribution in [3.63, 3.8) is 0 Å². The summed E-state index contributed by atoms with van der Waals surface area (Å²) in [6.07, 6.45) is 1.67. The second-order valence-corrected chi connectivity index (χ2v) is 13.6. The van der Waals surface area contributed by atoms with Gasteiger partial charge in [0.25, 0.3) is 5.91 Å². The Labute approximate surface area is 153 Å². The van der Waals surface area contributed by atoms with Gasteiger partial charge in [-0.1, -0.05) is 32.4 Å². The largest absolute Gasteiger partial charge is 0.415 e. The van der Waals surface area contributed by atoms with Crippen molar-refractivity contribution in [2.24, 2.45) is 0 Å². The fourth-order valence-electron chi connectivity index (χ4n) is 2.06. The van der Waals surface area contributed by atoms with Crippen molar-refractivity contribution in [3.8, 4) is 0 Å². The van der Waals surface area contributed by atoms with E-state index in [2.05, 4.69) is 44.2 Å². The summed E-state index contributed by atoms with van der Waals surface area (Å²) in [4.78, 5) is 17.4. The molecule has 0 fully saturated rings. The minimum Gasteiger partial charge on any atom is -0.415 e. The van der Waals surface area contributed by atoms with Gasteiger partial charge >= 0.3 is 0 Å². The number of nitrogens with one attached hydrogen (secondary N) is 1. The molecule has 2 rings (SSSR count). The molecule has 0 spiro atoms. The fourth-order valence-corrected chi connectivity index (χ4v) is 4.45. The van der Waals surface area contributed by atoms with E-state index in [4.69, 9.17) is 16.0 Å². The fraction of sp³-hybridized carbons (Fsp3) is 0.529. The molecule has 0 aliphatic heterocycles. The number of hydrogen-bond acceptors (Lipinski definition) is 4. The average molecular weight is 385 g/mol. The summed E-state index contributed by atoms with van der Waals surface area (Å²) in [6.45, 7) is 14.0. The van der Waals surface area contributed by atoms with Crippen LogP contribution in [0.15, 0.2) is 12.3 Å². The van der Waals surface area contributed by atoms with Gasteiger partial charge in [0.15, 0.2) is 8.32 Å². The predicted octanol–water partition coefficient (Wildman–Crippen LogP) is 5.01. The number of carbonyl (C=O) groups is 1. The van der Waals surface area contributed by atoms with Crippen molar-refractivity contribution in [2.45, 2.75) is 45.8 Å². The molecule has 2 aromatic rings. The number of halogens is 1. The molecule has 0 saturated heterocycles. The number of nitrogens with zero attached hydrogens (tertiary/aromatic N) is 1. The van der Waals surface area contributed by atoms with Crippen molar-refractivity contribution >= 4 is 47.4 Å². The van der Waals surface area contributed by atoms with Gasteiger partial charge in [-0.2, -0.15) is 0 Å². The van der Waals surface area contributed by atoms with Gasteiger partial charge in [-0.25, -0.2) is 0 Å². The highest BCUT2D eigenvalue weighted by Crippen LogP contribution is 2.36. The summed E-state index contributed by atoms with van der Waals surface area (Å²) < 4.78 is 6.94. The predicted molar refractivity (Wildman–Crippen MR) is 105 cm³/mol. The molecular formula is C17H25ClN2O2SSi. The van der Waals surface area contributed by atoms with Crippen molar-refractivity contribution in [1.82, 2.24) is 10.3 Å². The molecule has 0 aromatic carbocycles. The lowest BCUT2D eigenvalue weighted by Gasteiger charge is -2.36. The van der Waals surface area contributed by atoms with Gasteiger partial charge < -0.3 is 9.74 Å². The van der Waals surface area contributed by atoms with Crippen LogP contribution in [0.25, 0.3) is 10.2 Å². The maximum absolute atomic E-state index is 12.5. The third kappa shape index (κ3) is 3.99. The molecule has 2 heterocycles. The molecular weight excluding hydrogens is 360 g/mol. The van der Waals surface area contributed by atoms with E-state index in [1.54, 1.807) is 12.3 Å². The Bertz CT molecular complexity index is 753. The summed E-state index contributed by atoms with van der Waals surface area (Å²) in [5.41, 5.74) is 1.68. The number of rotatable bonds is 5.